The molecule has 0 aliphatic rings. The lowest BCUT2D eigenvalue weighted by Gasteiger charge is -2.10. The summed E-state index contributed by atoms with van der Waals surface area (Å²) in [6.07, 6.45) is 0. The molecule has 0 aliphatic heterocycles. The van der Waals surface area contributed by atoms with Gasteiger partial charge >= 0.3 is 0 Å². The zero-order valence-electron chi connectivity index (χ0n) is 10.4. The summed E-state index contributed by atoms with van der Waals surface area (Å²) >= 11 is 0. The lowest BCUT2D eigenvalue weighted by Crippen LogP contribution is -1.95. The molecule has 2 aromatic rings. The van der Waals surface area contributed by atoms with E-state index in [-0.39, 0.29) is 10.5 Å². The highest BCUT2D eigenvalue weighted by Gasteiger charge is 2.15. The Morgan fingerprint density at radius 3 is 2.37 bits per heavy atom. The van der Waals surface area contributed by atoms with Crippen LogP contribution in [0.15, 0.2) is 41.3 Å². The minimum absolute atomic E-state index is 0.105. The molecule has 19 heavy (non-hydrogen) atoms. The van der Waals surface area contributed by atoms with Crippen LogP contribution in [-0.2, 0) is 9.05 Å². The van der Waals surface area contributed by atoms with Crippen LogP contribution in [0.2, 0.25) is 0 Å². The van der Waals surface area contributed by atoms with E-state index in [0.717, 1.165) is 23.3 Å². The molecule has 2 rings (SSSR count). The van der Waals surface area contributed by atoms with E-state index in [2.05, 4.69) is 0 Å². The van der Waals surface area contributed by atoms with Gasteiger partial charge in [0.1, 0.15) is 5.82 Å². The van der Waals surface area contributed by atoms with Crippen molar-refractivity contribution < 1.29 is 12.8 Å². The molecule has 0 saturated heterocycles. The van der Waals surface area contributed by atoms with Crippen molar-refractivity contribution in [2.75, 3.05) is 0 Å². The van der Waals surface area contributed by atoms with Crippen molar-refractivity contribution in [2.45, 2.75) is 18.7 Å². The molecule has 0 aliphatic carbocycles. The zero-order valence-corrected chi connectivity index (χ0v) is 12.0. The van der Waals surface area contributed by atoms with Gasteiger partial charge in [0.15, 0.2) is 0 Å². The molecule has 0 saturated carbocycles. The molecule has 2 nitrogen and oxygen atoms in total. The second kappa shape index (κ2) is 4.94. The van der Waals surface area contributed by atoms with Gasteiger partial charge in [0.25, 0.3) is 9.05 Å². The van der Waals surface area contributed by atoms with Gasteiger partial charge in [-0.1, -0.05) is 18.2 Å². The van der Waals surface area contributed by atoms with Crippen LogP contribution in [0.5, 0.6) is 0 Å². The van der Waals surface area contributed by atoms with Crippen molar-refractivity contribution in [3.05, 3.63) is 53.3 Å². The van der Waals surface area contributed by atoms with E-state index in [1.54, 1.807) is 12.1 Å². The first-order valence-electron chi connectivity index (χ1n) is 5.61. The highest BCUT2D eigenvalue weighted by Crippen LogP contribution is 2.30. The fraction of sp³-hybridized carbons (Fsp3) is 0.143. The van der Waals surface area contributed by atoms with Crippen molar-refractivity contribution in [1.82, 2.24) is 0 Å². The summed E-state index contributed by atoms with van der Waals surface area (Å²) < 4.78 is 36.6. The molecule has 0 bridgehead atoms. The van der Waals surface area contributed by atoms with Crippen LogP contribution in [0.1, 0.15) is 11.1 Å². The minimum Gasteiger partial charge on any atom is -0.207 e. The Bertz CT molecular complexity index is 739. The largest absolute Gasteiger partial charge is 0.261 e. The Morgan fingerprint density at radius 1 is 1.05 bits per heavy atom. The Morgan fingerprint density at radius 2 is 1.74 bits per heavy atom. The third-order valence-corrected chi connectivity index (χ3v) is 4.47. The Kier molecular flexibility index (Phi) is 3.65. The summed E-state index contributed by atoms with van der Waals surface area (Å²) in [6, 6.07) is 9.02. The van der Waals surface area contributed by atoms with Crippen LogP contribution >= 0.6 is 10.7 Å². The fourth-order valence-corrected chi connectivity index (χ4v) is 2.68. The molecule has 0 radical (unpaired) electrons. The average molecular weight is 299 g/mol. The molecule has 0 N–H and O–H groups in total. The summed E-state index contributed by atoms with van der Waals surface area (Å²) in [5, 5.41) is 0. The number of hydrogen-bond acceptors (Lipinski definition) is 2. The van der Waals surface area contributed by atoms with E-state index in [9.17, 15) is 12.8 Å². The molecule has 5 heteroatoms. The summed E-state index contributed by atoms with van der Waals surface area (Å²) in [5.74, 6) is -0.474. The maximum absolute atomic E-state index is 13.9. The maximum Gasteiger partial charge on any atom is 0.261 e. The average Bonchev–Trinajstić information content (AvgIpc) is 2.32. The first-order valence-corrected chi connectivity index (χ1v) is 7.92. The van der Waals surface area contributed by atoms with Gasteiger partial charge in [-0.15, -0.1) is 0 Å². The second-order valence-electron chi connectivity index (χ2n) is 4.33. The quantitative estimate of drug-likeness (QED) is 0.784. The van der Waals surface area contributed by atoms with Crippen LogP contribution in [-0.4, -0.2) is 8.42 Å². The molecule has 0 unspecified atom stereocenters. The minimum atomic E-state index is -3.87. The Labute approximate surface area is 116 Å². The van der Waals surface area contributed by atoms with Crippen molar-refractivity contribution >= 4 is 19.7 Å². The third-order valence-electron chi connectivity index (χ3n) is 3.11. The summed E-state index contributed by atoms with van der Waals surface area (Å²) in [5.41, 5.74) is 2.82. The van der Waals surface area contributed by atoms with Crippen molar-refractivity contribution in [1.29, 1.82) is 0 Å². The number of rotatable bonds is 2. The van der Waals surface area contributed by atoms with E-state index in [4.69, 9.17) is 10.7 Å². The lowest BCUT2D eigenvalue weighted by atomic mass is 9.97. The highest BCUT2D eigenvalue weighted by atomic mass is 35.7. The second-order valence-corrected chi connectivity index (χ2v) is 6.89. The van der Waals surface area contributed by atoms with Gasteiger partial charge in [-0.2, -0.15) is 0 Å². The van der Waals surface area contributed by atoms with E-state index < -0.39 is 14.9 Å². The van der Waals surface area contributed by atoms with Crippen molar-refractivity contribution in [2.24, 2.45) is 0 Å². The van der Waals surface area contributed by atoms with Gasteiger partial charge in [0.2, 0.25) is 0 Å². The molecule has 0 amide bonds. The first-order chi connectivity index (χ1) is 8.80. The number of hydrogen-bond donors (Lipinski definition) is 0. The van der Waals surface area contributed by atoms with Gasteiger partial charge < -0.3 is 0 Å². The number of benzene rings is 2. The summed E-state index contributed by atoms with van der Waals surface area (Å²) in [4.78, 5) is -0.105. The number of aryl methyl sites for hydroxylation is 1. The van der Waals surface area contributed by atoms with Crippen LogP contribution in [0.4, 0.5) is 4.39 Å². The standard InChI is InChI=1S/C14H12ClFO2S/c1-9-4-3-5-12(10(9)2)13-8-11(19(15,17)18)6-7-14(13)16/h3-8H,1-2H3. The highest BCUT2D eigenvalue weighted by molar-refractivity contribution is 8.13. The maximum atomic E-state index is 13.9. The summed E-state index contributed by atoms with van der Waals surface area (Å²) in [6.45, 7) is 3.78. The van der Waals surface area contributed by atoms with Gasteiger partial charge in [-0.05, 0) is 48.7 Å². The third kappa shape index (κ3) is 2.80. The normalized spacial score (nSPS) is 11.6. The SMILES string of the molecule is Cc1cccc(-c2cc(S(=O)(=O)Cl)ccc2F)c1C. The van der Waals surface area contributed by atoms with Crippen LogP contribution < -0.4 is 0 Å². The van der Waals surface area contributed by atoms with Crippen LogP contribution in [0, 0.1) is 19.7 Å². The van der Waals surface area contributed by atoms with Gasteiger partial charge in [0.05, 0.1) is 4.90 Å². The van der Waals surface area contributed by atoms with Crippen molar-refractivity contribution in [3.8, 4) is 11.1 Å². The van der Waals surface area contributed by atoms with Crippen molar-refractivity contribution in [3.63, 3.8) is 0 Å². The molecule has 0 aromatic heterocycles. The summed E-state index contributed by atoms with van der Waals surface area (Å²) in [7, 11) is 1.42. The van der Waals surface area contributed by atoms with E-state index in [1.807, 2.05) is 19.9 Å². The molecule has 100 valence electrons. The smallest absolute Gasteiger partial charge is 0.207 e. The molecular weight excluding hydrogens is 287 g/mol. The lowest BCUT2D eigenvalue weighted by molar-refractivity contribution is 0.608. The Balaban J connectivity index is 2.72. The van der Waals surface area contributed by atoms with Crippen LogP contribution in [0.3, 0.4) is 0 Å². The molecule has 0 atom stereocenters. The van der Waals surface area contributed by atoms with Gasteiger partial charge in [0, 0.05) is 16.2 Å². The molecule has 0 fully saturated rings. The van der Waals surface area contributed by atoms with E-state index >= 15 is 0 Å². The topological polar surface area (TPSA) is 34.1 Å². The van der Waals surface area contributed by atoms with Gasteiger partial charge in [-0.25, -0.2) is 12.8 Å². The molecule has 2 aromatic carbocycles. The van der Waals surface area contributed by atoms with E-state index in [0.29, 0.717) is 5.56 Å². The number of halogens is 2. The fourth-order valence-electron chi connectivity index (χ4n) is 1.91. The Hall–Kier alpha value is -1.39. The predicted molar refractivity (Wildman–Crippen MR) is 74.3 cm³/mol. The van der Waals surface area contributed by atoms with Gasteiger partial charge in [-0.3, -0.25) is 0 Å². The molecular formula is C14H12ClFO2S. The first kappa shape index (κ1) is 14.0. The molecule has 0 heterocycles. The van der Waals surface area contributed by atoms with Crippen LogP contribution in [0.25, 0.3) is 11.1 Å². The monoisotopic (exact) mass is 298 g/mol. The molecule has 0 spiro atoms. The predicted octanol–water partition coefficient (Wildman–Crippen LogP) is 4.04. The zero-order chi connectivity index (χ0) is 14.2. The van der Waals surface area contributed by atoms with E-state index in [1.165, 1.54) is 6.07 Å².